The molecule has 6 rings (SSSR count). The van der Waals surface area contributed by atoms with Crippen molar-refractivity contribution in [3.05, 3.63) is 130 Å². The molecule has 0 aliphatic carbocycles. The largest absolute Gasteiger partial charge is 0.457 e. The molecule has 5 aromatic rings. The van der Waals surface area contributed by atoms with Gasteiger partial charge < -0.3 is 10.1 Å². The Morgan fingerprint density at radius 1 is 0.861 bits per heavy atom. The summed E-state index contributed by atoms with van der Waals surface area (Å²) in [6.07, 6.45) is 3.40. The van der Waals surface area contributed by atoms with Crippen LogP contribution in [0.4, 0.5) is 0 Å². The van der Waals surface area contributed by atoms with Crippen molar-refractivity contribution in [1.82, 2.24) is 20.1 Å². The molecule has 0 saturated carbocycles. The zero-order valence-electron chi connectivity index (χ0n) is 19.3. The third-order valence-corrected chi connectivity index (χ3v) is 6.37. The Labute approximate surface area is 207 Å². The SMILES string of the molecule is O=C(NCc1nn(Cc2cccnc2)c(=O)c2ccccc12)C1c2ccccc2Oc2ccccc21. The lowest BCUT2D eigenvalue weighted by Crippen LogP contribution is -2.33. The average Bonchev–Trinajstić information content (AvgIpc) is 2.93. The van der Waals surface area contributed by atoms with Gasteiger partial charge in [-0.1, -0.05) is 60.7 Å². The molecular formula is C29H22N4O3. The number of rotatable bonds is 5. The zero-order chi connectivity index (χ0) is 24.5. The normalized spacial score (nSPS) is 12.4. The summed E-state index contributed by atoms with van der Waals surface area (Å²) in [7, 11) is 0. The first-order valence-corrected chi connectivity index (χ1v) is 11.7. The number of fused-ring (bicyclic) bond motifs is 3. The number of carbonyl (C=O) groups excluding carboxylic acids is 1. The maximum Gasteiger partial charge on any atom is 0.274 e. The summed E-state index contributed by atoms with van der Waals surface area (Å²) in [6, 6.07) is 26.2. The molecule has 3 aromatic carbocycles. The fourth-order valence-electron chi connectivity index (χ4n) is 4.67. The Morgan fingerprint density at radius 2 is 1.53 bits per heavy atom. The van der Waals surface area contributed by atoms with Gasteiger partial charge in [0.15, 0.2) is 0 Å². The van der Waals surface area contributed by atoms with E-state index in [0.717, 1.165) is 22.1 Å². The van der Waals surface area contributed by atoms with Gasteiger partial charge in [0.1, 0.15) is 11.5 Å². The predicted octanol–water partition coefficient (Wildman–Crippen LogP) is 4.39. The first-order valence-electron chi connectivity index (χ1n) is 11.7. The monoisotopic (exact) mass is 474 g/mol. The summed E-state index contributed by atoms with van der Waals surface area (Å²) in [6.45, 7) is 0.466. The van der Waals surface area contributed by atoms with Gasteiger partial charge >= 0.3 is 0 Å². The van der Waals surface area contributed by atoms with Crippen LogP contribution in [0.5, 0.6) is 11.5 Å². The van der Waals surface area contributed by atoms with E-state index in [1.165, 1.54) is 4.68 Å². The molecule has 0 bridgehead atoms. The van der Waals surface area contributed by atoms with E-state index in [0.29, 0.717) is 29.1 Å². The van der Waals surface area contributed by atoms with Gasteiger partial charge in [-0.15, -0.1) is 0 Å². The molecule has 2 aromatic heterocycles. The molecule has 0 atom stereocenters. The number of carbonyl (C=O) groups is 1. The van der Waals surface area contributed by atoms with E-state index in [1.54, 1.807) is 18.5 Å². The quantitative estimate of drug-likeness (QED) is 0.408. The second kappa shape index (κ2) is 9.11. The summed E-state index contributed by atoms with van der Waals surface area (Å²) in [5.74, 6) is 0.669. The molecule has 0 radical (unpaired) electrons. The van der Waals surface area contributed by atoms with Gasteiger partial charge in [0.25, 0.3) is 5.56 Å². The van der Waals surface area contributed by atoms with Gasteiger partial charge in [0.05, 0.1) is 30.1 Å². The first kappa shape index (κ1) is 21.7. The summed E-state index contributed by atoms with van der Waals surface area (Å²) >= 11 is 0. The van der Waals surface area contributed by atoms with E-state index in [1.807, 2.05) is 78.9 Å². The number of aromatic nitrogens is 3. The number of benzene rings is 3. The van der Waals surface area contributed by atoms with Crippen LogP contribution in [-0.2, 0) is 17.9 Å². The molecule has 1 amide bonds. The fourth-order valence-corrected chi connectivity index (χ4v) is 4.67. The van der Waals surface area contributed by atoms with Crippen molar-refractivity contribution in [3.8, 4) is 11.5 Å². The van der Waals surface area contributed by atoms with Crippen LogP contribution in [0.25, 0.3) is 10.8 Å². The van der Waals surface area contributed by atoms with Crippen LogP contribution in [0.1, 0.15) is 28.3 Å². The Hall–Kier alpha value is -4.78. The molecule has 176 valence electrons. The molecule has 7 heteroatoms. The topological polar surface area (TPSA) is 86.1 Å². The number of hydrogen-bond acceptors (Lipinski definition) is 5. The average molecular weight is 475 g/mol. The summed E-state index contributed by atoms with van der Waals surface area (Å²) in [5.41, 5.74) is 2.93. The van der Waals surface area contributed by atoms with Crippen LogP contribution in [0.2, 0.25) is 0 Å². The summed E-state index contributed by atoms with van der Waals surface area (Å²) in [4.78, 5) is 30.9. The van der Waals surface area contributed by atoms with Crippen molar-refractivity contribution < 1.29 is 9.53 Å². The van der Waals surface area contributed by atoms with Gasteiger partial charge in [-0.3, -0.25) is 14.6 Å². The minimum Gasteiger partial charge on any atom is -0.457 e. The molecule has 1 aliphatic heterocycles. The number of nitrogens with one attached hydrogen (secondary N) is 1. The van der Waals surface area contributed by atoms with Crippen LogP contribution < -0.4 is 15.6 Å². The second-order valence-corrected chi connectivity index (χ2v) is 8.64. The minimum absolute atomic E-state index is 0.158. The number of para-hydroxylation sites is 2. The molecule has 3 heterocycles. The fraction of sp³-hybridized carbons (Fsp3) is 0.103. The molecule has 0 unspecified atom stereocenters. The van der Waals surface area contributed by atoms with Crippen molar-refractivity contribution in [1.29, 1.82) is 0 Å². The number of pyridine rings is 1. The van der Waals surface area contributed by atoms with Crippen molar-refractivity contribution in [2.75, 3.05) is 0 Å². The van der Waals surface area contributed by atoms with Crippen molar-refractivity contribution in [2.45, 2.75) is 19.0 Å². The highest BCUT2D eigenvalue weighted by atomic mass is 16.5. The number of hydrogen-bond donors (Lipinski definition) is 1. The Bertz CT molecular complexity index is 1600. The lowest BCUT2D eigenvalue weighted by molar-refractivity contribution is -0.122. The van der Waals surface area contributed by atoms with E-state index in [4.69, 9.17) is 4.74 Å². The van der Waals surface area contributed by atoms with Crippen LogP contribution in [-0.4, -0.2) is 20.7 Å². The summed E-state index contributed by atoms with van der Waals surface area (Å²) < 4.78 is 7.46. The van der Waals surface area contributed by atoms with E-state index < -0.39 is 5.92 Å². The Morgan fingerprint density at radius 3 is 2.22 bits per heavy atom. The maximum atomic E-state index is 13.6. The molecular weight excluding hydrogens is 452 g/mol. The van der Waals surface area contributed by atoms with Crippen LogP contribution >= 0.6 is 0 Å². The Balaban J connectivity index is 1.34. The van der Waals surface area contributed by atoms with Gasteiger partial charge in [-0.2, -0.15) is 5.10 Å². The third kappa shape index (κ3) is 3.90. The van der Waals surface area contributed by atoms with E-state index in [-0.39, 0.29) is 18.0 Å². The van der Waals surface area contributed by atoms with Crippen LogP contribution in [0.3, 0.4) is 0 Å². The second-order valence-electron chi connectivity index (χ2n) is 8.64. The number of ether oxygens (including phenoxy) is 1. The molecule has 0 fully saturated rings. The van der Waals surface area contributed by atoms with Gasteiger partial charge in [0.2, 0.25) is 5.91 Å². The number of amides is 1. The molecule has 0 saturated heterocycles. The zero-order valence-corrected chi connectivity index (χ0v) is 19.3. The molecule has 1 N–H and O–H groups in total. The smallest absolute Gasteiger partial charge is 0.274 e. The van der Waals surface area contributed by atoms with Crippen molar-refractivity contribution >= 4 is 16.7 Å². The lowest BCUT2D eigenvalue weighted by atomic mass is 9.87. The molecule has 36 heavy (non-hydrogen) atoms. The predicted molar refractivity (Wildman–Crippen MR) is 136 cm³/mol. The minimum atomic E-state index is -0.515. The highest BCUT2D eigenvalue weighted by molar-refractivity contribution is 5.90. The maximum absolute atomic E-state index is 13.6. The highest BCUT2D eigenvalue weighted by Gasteiger charge is 2.32. The van der Waals surface area contributed by atoms with Crippen molar-refractivity contribution in [3.63, 3.8) is 0 Å². The molecule has 0 spiro atoms. The molecule has 7 nitrogen and oxygen atoms in total. The van der Waals surface area contributed by atoms with Gasteiger partial charge in [-0.25, -0.2) is 4.68 Å². The number of nitrogens with zero attached hydrogens (tertiary/aromatic N) is 3. The highest BCUT2D eigenvalue weighted by Crippen LogP contribution is 2.43. The van der Waals surface area contributed by atoms with E-state index >= 15 is 0 Å². The van der Waals surface area contributed by atoms with Crippen LogP contribution in [0.15, 0.2) is 102 Å². The van der Waals surface area contributed by atoms with Gasteiger partial charge in [-0.05, 0) is 29.8 Å². The standard InChI is InChI=1S/C29H22N4O3/c34-28(27-22-11-3-5-13-25(22)36-26-14-6-4-12-23(26)27)31-17-24-20-9-1-2-10-21(20)29(35)33(32-24)18-19-8-7-15-30-16-19/h1-16,27H,17-18H2,(H,31,34). The summed E-state index contributed by atoms with van der Waals surface area (Å²) in [5, 5.41) is 8.99. The Kier molecular flexibility index (Phi) is 5.50. The van der Waals surface area contributed by atoms with E-state index in [9.17, 15) is 9.59 Å². The van der Waals surface area contributed by atoms with E-state index in [2.05, 4.69) is 15.4 Å². The first-order chi connectivity index (χ1) is 17.7. The van der Waals surface area contributed by atoms with Gasteiger partial charge in [0, 0.05) is 28.9 Å². The molecule has 1 aliphatic rings. The van der Waals surface area contributed by atoms with Crippen LogP contribution in [0, 0.1) is 0 Å². The third-order valence-electron chi connectivity index (χ3n) is 6.37. The van der Waals surface area contributed by atoms with Crippen molar-refractivity contribution in [2.24, 2.45) is 0 Å². The lowest BCUT2D eigenvalue weighted by Gasteiger charge is -2.27.